The van der Waals surface area contributed by atoms with Crippen LogP contribution in [-0.2, 0) is 6.54 Å². The van der Waals surface area contributed by atoms with Gasteiger partial charge in [0.1, 0.15) is 0 Å². The van der Waals surface area contributed by atoms with Crippen LogP contribution in [0.3, 0.4) is 0 Å². The van der Waals surface area contributed by atoms with Gasteiger partial charge in [-0.05, 0) is 25.0 Å². The van der Waals surface area contributed by atoms with Crippen LogP contribution in [0.1, 0.15) is 38.7 Å². The first kappa shape index (κ1) is 15.1. The quantitative estimate of drug-likeness (QED) is 0.610. The van der Waals surface area contributed by atoms with Gasteiger partial charge in [0.2, 0.25) is 0 Å². The molecule has 0 fully saturated rings. The molecule has 0 aromatic heterocycles. The molecule has 100 valence electrons. The summed E-state index contributed by atoms with van der Waals surface area (Å²) in [7, 11) is 0. The van der Waals surface area contributed by atoms with E-state index in [1.807, 2.05) is 6.07 Å². The topological polar surface area (TPSA) is 55.2 Å². The summed E-state index contributed by atoms with van der Waals surface area (Å²) in [6.07, 6.45) is 3.26. The standard InChI is InChI=1S/C13H19BrN2O2/c1-3-5-12(4-2)15-9-10-6-7-11(14)8-13(10)16(17)18/h6-8,12,15H,3-5,9H2,1-2H3. The summed E-state index contributed by atoms with van der Waals surface area (Å²) in [6.45, 7) is 4.82. The molecular weight excluding hydrogens is 296 g/mol. The van der Waals surface area contributed by atoms with Crippen LogP contribution in [0.5, 0.6) is 0 Å². The van der Waals surface area contributed by atoms with E-state index in [0.717, 1.165) is 29.3 Å². The van der Waals surface area contributed by atoms with Crippen LogP contribution >= 0.6 is 15.9 Å². The molecule has 1 aromatic rings. The molecule has 1 N–H and O–H groups in total. The lowest BCUT2D eigenvalue weighted by Crippen LogP contribution is -2.27. The lowest BCUT2D eigenvalue weighted by molar-refractivity contribution is -0.385. The molecule has 0 amide bonds. The van der Waals surface area contributed by atoms with E-state index < -0.39 is 0 Å². The Labute approximate surface area is 116 Å². The highest BCUT2D eigenvalue weighted by Gasteiger charge is 2.14. The number of nitrogens with zero attached hydrogens (tertiary/aromatic N) is 1. The fourth-order valence-electron chi connectivity index (χ4n) is 1.91. The minimum atomic E-state index is -0.331. The van der Waals surface area contributed by atoms with Gasteiger partial charge in [-0.2, -0.15) is 0 Å². The predicted octanol–water partition coefficient (Wildman–Crippen LogP) is 4.03. The summed E-state index contributed by atoms with van der Waals surface area (Å²) < 4.78 is 0.735. The highest BCUT2D eigenvalue weighted by atomic mass is 79.9. The summed E-state index contributed by atoms with van der Waals surface area (Å²) >= 11 is 3.26. The first-order valence-corrected chi connectivity index (χ1v) is 7.04. The maximum absolute atomic E-state index is 11.0. The molecule has 0 saturated carbocycles. The Morgan fingerprint density at radius 3 is 2.72 bits per heavy atom. The number of benzene rings is 1. The molecule has 1 atom stereocenters. The van der Waals surface area contributed by atoms with Crippen molar-refractivity contribution in [2.75, 3.05) is 0 Å². The van der Waals surface area contributed by atoms with E-state index in [1.54, 1.807) is 12.1 Å². The van der Waals surface area contributed by atoms with E-state index >= 15 is 0 Å². The zero-order valence-electron chi connectivity index (χ0n) is 10.8. The van der Waals surface area contributed by atoms with E-state index in [-0.39, 0.29) is 10.6 Å². The summed E-state index contributed by atoms with van der Waals surface area (Å²) in [5.41, 5.74) is 0.904. The number of nitro groups is 1. The summed E-state index contributed by atoms with van der Waals surface area (Å²) in [4.78, 5) is 10.6. The van der Waals surface area contributed by atoms with Crippen molar-refractivity contribution in [3.63, 3.8) is 0 Å². The smallest absolute Gasteiger partial charge is 0.275 e. The SMILES string of the molecule is CCCC(CC)NCc1ccc(Br)cc1[N+](=O)[O-]. The Hall–Kier alpha value is -0.940. The second-order valence-electron chi connectivity index (χ2n) is 4.30. The molecule has 0 bridgehead atoms. The summed E-state index contributed by atoms with van der Waals surface area (Å²) in [5, 5.41) is 14.4. The number of hydrogen-bond donors (Lipinski definition) is 1. The van der Waals surface area contributed by atoms with Crippen LogP contribution in [0.15, 0.2) is 22.7 Å². The third kappa shape index (κ3) is 4.38. The van der Waals surface area contributed by atoms with Crippen molar-refractivity contribution in [3.8, 4) is 0 Å². The molecule has 0 aliphatic carbocycles. The zero-order chi connectivity index (χ0) is 13.5. The van der Waals surface area contributed by atoms with E-state index in [9.17, 15) is 10.1 Å². The van der Waals surface area contributed by atoms with Gasteiger partial charge in [0.05, 0.1) is 4.92 Å². The lowest BCUT2D eigenvalue weighted by atomic mass is 10.1. The molecule has 1 aromatic carbocycles. The van der Waals surface area contributed by atoms with Crippen LogP contribution in [-0.4, -0.2) is 11.0 Å². The van der Waals surface area contributed by atoms with Crippen LogP contribution in [0, 0.1) is 10.1 Å². The highest BCUT2D eigenvalue weighted by Crippen LogP contribution is 2.23. The lowest BCUT2D eigenvalue weighted by Gasteiger charge is -2.16. The minimum absolute atomic E-state index is 0.170. The number of hydrogen-bond acceptors (Lipinski definition) is 3. The third-order valence-electron chi connectivity index (χ3n) is 2.96. The van der Waals surface area contributed by atoms with Crippen molar-refractivity contribution < 1.29 is 4.92 Å². The van der Waals surface area contributed by atoms with Crippen LogP contribution < -0.4 is 5.32 Å². The van der Waals surface area contributed by atoms with Gasteiger partial charge in [-0.15, -0.1) is 0 Å². The first-order valence-electron chi connectivity index (χ1n) is 6.24. The van der Waals surface area contributed by atoms with Gasteiger partial charge in [0.25, 0.3) is 5.69 Å². The maximum Gasteiger partial charge on any atom is 0.275 e. The third-order valence-corrected chi connectivity index (χ3v) is 3.45. The van der Waals surface area contributed by atoms with Gasteiger partial charge in [-0.3, -0.25) is 10.1 Å². The number of halogens is 1. The molecule has 0 saturated heterocycles. The van der Waals surface area contributed by atoms with Crippen molar-refractivity contribution >= 4 is 21.6 Å². The van der Waals surface area contributed by atoms with Gasteiger partial charge in [0.15, 0.2) is 0 Å². The van der Waals surface area contributed by atoms with E-state index in [4.69, 9.17) is 0 Å². The van der Waals surface area contributed by atoms with E-state index in [0.29, 0.717) is 12.6 Å². The zero-order valence-corrected chi connectivity index (χ0v) is 12.4. The predicted molar refractivity (Wildman–Crippen MR) is 76.6 cm³/mol. The average molecular weight is 315 g/mol. The van der Waals surface area contributed by atoms with Gasteiger partial charge >= 0.3 is 0 Å². The first-order chi connectivity index (χ1) is 8.58. The van der Waals surface area contributed by atoms with Gasteiger partial charge in [-0.1, -0.05) is 36.2 Å². The van der Waals surface area contributed by atoms with Crippen molar-refractivity contribution in [2.45, 2.75) is 45.7 Å². The normalized spacial score (nSPS) is 12.4. The molecule has 0 radical (unpaired) electrons. The van der Waals surface area contributed by atoms with Crippen molar-refractivity contribution in [3.05, 3.63) is 38.3 Å². The highest BCUT2D eigenvalue weighted by molar-refractivity contribution is 9.10. The Bertz CT molecular complexity index is 410. The fourth-order valence-corrected chi connectivity index (χ4v) is 2.26. The number of rotatable bonds is 7. The second kappa shape index (κ2) is 7.48. The van der Waals surface area contributed by atoms with Gasteiger partial charge in [-0.25, -0.2) is 0 Å². The van der Waals surface area contributed by atoms with Crippen LogP contribution in [0.4, 0.5) is 5.69 Å². The van der Waals surface area contributed by atoms with Crippen molar-refractivity contribution in [1.82, 2.24) is 5.32 Å². The second-order valence-corrected chi connectivity index (χ2v) is 5.22. The fraction of sp³-hybridized carbons (Fsp3) is 0.538. The Morgan fingerprint density at radius 2 is 2.17 bits per heavy atom. The molecule has 5 heteroatoms. The molecule has 0 aliphatic rings. The van der Waals surface area contributed by atoms with Crippen LogP contribution in [0.25, 0.3) is 0 Å². The molecule has 18 heavy (non-hydrogen) atoms. The molecular formula is C13H19BrN2O2. The Morgan fingerprint density at radius 1 is 1.44 bits per heavy atom. The van der Waals surface area contributed by atoms with Gasteiger partial charge in [0, 0.05) is 28.7 Å². The molecule has 0 spiro atoms. The average Bonchev–Trinajstić information content (AvgIpc) is 2.35. The molecule has 4 nitrogen and oxygen atoms in total. The minimum Gasteiger partial charge on any atom is -0.310 e. The molecule has 0 aliphatic heterocycles. The van der Waals surface area contributed by atoms with E-state index in [1.165, 1.54) is 0 Å². The summed E-state index contributed by atoms with van der Waals surface area (Å²) in [6, 6.07) is 5.62. The number of nitro benzene ring substituents is 1. The van der Waals surface area contributed by atoms with Gasteiger partial charge < -0.3 is 5.32 Å². The van der Waals surface area contributed by atoms with Crippen molar-refractivity contribution in [1.29, 1.82) is 0 Å². The van der Waals surface area contributed by atoms with Crippen molar-refractivity contribution in [2.24, 2.45) is 0 Å². The van der Waals surface area contributed by atoms with E-state index in [2.05, 4.69) is 35.1 Å². The molecule has 0 heterocycles. The monoisotopic (exact) mass is 314 g/mol. The molecule has 1 rings (SSSR count). The summed E-state index contributed by atoms with van der Waals surface area (Å²) in [5.74, 6) is 0. The number of nitrogens with one attached hydrogen (secondary N) is 1. The Balaban J connectivity index is 2.74. The largest absolute Gasteiger partial charge is 0.310 e. The molecule has 1 unspecified atom stereocenters. The Kier molecular flexibility index (Phi) is 6.29. The van der Waals surface area contributed by atoms with Crippen LogP contribution in [0.2, 0.25) is 0 Å². The maximum atomic E-state index is 11.0.